The van der Waals surface area contributed by atoms with E-state index < -0.39 is 11.6 Å². The zero-order chi connectivity index (χ0) is 25.1. The molecule has 2 aromatic rings. The summed E-state index contributed by atoms with van der Waals surface area (Å²) in [5, 5.41) is 5.00. The molecule has 0 spiro atoms. The van der Waals surface area contributed by atoms with Gasteiger partial charge in [0.15, 0.2) is 5.76 Å². The van der Waals surface area contributed by atoms with Gasteiger partial charge in [-0.3, -0.25) is 0 Å². The molecule has 3 fully saturated rings. The molecule has 5 rings (SSSR count). The lowest BCUT2D eigenvalue weighted by Crippen LogP contribution is -2.50. The Balaban J connectivity index is 1.39. The van der Waals surface area contributed by atoms with Crippen molar-refractivity contribution in [2.45, 2.75) is 95.4 Å². The van der Waals surface area contributed by atoms with Gasteiger partial charge in [-0.1, -0.05) is 41.3 Å². The molecule has 7 nitrogen and oxygen atoms in total. The van der Waals surface area contributed by atoms with E-state index >= 15 is 0 Å². The lowest BCUT2D eigenvalue weighted by atomic mass is 9.97. The molecule has 1 aromatic carbocycles. The lowest BCUT2D eigenvalue weighted by Gasteiger charge is -2.39. The van der Waals surface area contributed by atoms with Crippen molar-refractivity contribution in [3.8, 4) is 11.3 Å². The third-order valence-corrected chi connectivity index (χ3v) is 7.84. The maximum Gasteiger partial charge on any atom is 0.410 e. The molecule has 1 saturated carbocycles. The normalized spacial score (nSPS) is 24.9. The number of fused-ring (bicyclic) bond motifs is 2. The second-order valence-corrected chi connectivity index (χ2v) is 12.0. The number of hydrogen-bond acceptors (Lipinski definition) is 6. The Morgan fingerprint density at radius 1 is 1.11 bits per heavy atom. The number of piperidine rings is 1. The molecule has 0 radical (unpaired) electrons. The Morgan fingerprint density at radius 3 is 2.26 bits per heavy atom. The number of hydrogen-bond donors (Lipinski definition) is 0. The lowest BCUT2D eigenvalue weighted by molar-refractivity contribution is -0.0227. The van der Waals surface area contributed by atoms with E-state index in [4.69, 9.17) is 37.2 Å². The van der Waals surface area contributed by atoms with Gasteiger partial charge in [-0.25, -0.2) is 9.59 Å². The van der Waals surface area contributed by atoms with Crippen LogP contribution >= 0.6 is 23.2 Å². The van der Waals surface area contributed by atoms with Gasteiger partial charge in [0.05, 0.1) is 10.0 Å². The van der Waals surface area contributed by atoms with Crippen molar-refractivity contribution in [2.75, 3.05) is 0 Å². The fraction of sp³-hybridized carbons (Fsp3) is 0.577. The van der Waals surface area contributed by atoms with Crippen molar-refractivity contribution in [3.05, 3.63) is 39.6 Å². The smallest absolute Gasteiger partial charge is 0.410 e. The van der Waals surface area contributed by atoms with Gasteiger partial charge >= 0.3 is 12.1 Å². The van der Waals surface area contributed by atoms with Crippen LogP contribution in [0.15, 0.2) is 22.7 Å². The van der Waals surface area contributed by atoms with Crippen molar-refractivity contribution in [2.24, 2.45) is 0 Å². The summed E-state index contributed by atoms with van der Waals surface area (Å²) < 4.78 is 17.4. The number of halogens is 2. The van der Waals surface area contributed by atoms with Crippen LogP contribution in [-0.4, -0.2) is 45.9 Å². The Hall–Kier alpha value is -2.25. The van der Waals surface area contributed by atoms with E-state index in [-0.39, 0.29) is 29.7 Å². The van der Waals surface area contributed by atoms with Gasteiger partial charge in [-0.2, -0.15) is 0 Å². The van der Waals surface area contributed by atoms with E-state index in [1.807, 2.05) is 32.6 Å². The van der Waals surface area contributed by atoms with Crippen LogP contribution in [0.4, 0.5) is 4.79 Å². The molecule has 1 aliphatic carbocycles. The maximum atomic E-state index is 13.6. The number of ether oxygens (including phenoxy) is 2. The van der Waals surface area contributed by atoms with Crippen LogP contribution in [0.5, 0.6) is 0 Å². The van der Waals surface area contributed by atoms with Crippen LogP contribution in [0.25, 0.3) is 11.3 Å². The molecule has 9 heteroatoms. The Morgan fingerprint density at radius 2 is 1.71 bits per heavy atom. The monoisotopic (exact) mass is 520 g/mol. The van der Waals surface area contributed by atoms with E-state index in [0.29, 0.717) is 45.5 Å². The summed E-state index contributed by atoms with van der Waals surface area (Å²) in [6, 6.07) is 5.12. The molecule has 3 heterocycles. The first-order valence-electron chi connectivity index (χ1n) is 12.1. The topological polar surface area (TPSA) is 81.9 Å². The van der Waals surface area contributed by atoms with Gasteiger partial charge in [0.2, 0.25) is 0 Å². The molecule has 3 atom stereocenters. The Bertz CT molecular complexity index is 1130. The minimum absolute atomic E-state index is 0.0122. The van der Waals surface area contributed by atoms with Crippen LogP contribution in [0.1, 0.15) is 82.3 Å². The molecule has 188 valence electrons. The highest BCUT2D eigenvalue weighted by atomic mass is 35.5. The van der Waals surface area contributed by atoms with Crippen LogP contribution in [-0.2, 0) is 14.9 Å². The van der Waals surface area contributed by atoms with Crippen molar-refractivity contribution < 1.29 is 23.6 Å². The molecule has 1 amide bonds. The first-order valence-corrected chi connectivity index (χ1v) is 12.9. The van der Waals surface area contributed by atoms with Gasteiger partial charge in [0.25, 0.3) is 0 Å². The summed E-state index contributed by atoms with van der Waals surface area (Å²) >= 11 is 12.9. The summed E-state index contributed by atoms with van der Waals surface area (Å²) in [5.74, 6) is 0.0260. The molecular formula is C26H30Cl2N2O5. The minimum Gasteiger partial charge on any atom is -0.458 e. The van der Waals surface area contributed by atoms with Crippen molar-refractivity contribution >= 4 is 35.3 Å². The summed E-state index contributed by atoms with van der Waals surface area (Å²) in [7, 11) is 0. The number of esters is 1. The van der Waals surface area contributed by atoms with Crippen LogP contribution in [0, 0.1) is 0 Å². The number of rotatable bonds is 4. The number of carbonyl (C=O) groups excluding carboxylic acids is 2. The van der Waals surface area contributed by atoms with E-state index in [9.17, 15) is 9.59 Å². The molecule has 2 aliphatic heterocycles. The Kier molecular flexibility index (Phi) is 6.07. The highest BCUT2D eigenvalue weighted by molar-refractivity contribution is 6.39. The number of aromatic nitrogens is 1. The average Bonchev–Trinajstić information content (AvgIpc) is 3.23. The number of amides is 1. The Labute approximate surface area is 215 Å². The molecule has 0 N–H and O–H groups in total. The maximum absolute atomic E-state index is 13.6. The second-order valence-electron chi connectivity index (χ2n) is 11.2. The summed E-state index contributed by atoms with van der Waals surface area (Å²) in [6.07, 6.45) is 4.07. The van der Waals surface area contributed by atoms with E-state index in [2.05, 4.69) is 5.16 Å². The van der Waals surface area contributed by atoms with Gasteiger partial charge in [0, 0.05) is 35.9 Å². The fourth-order valence-corrected chi connectivity index (χ4v) is 5.82. The van der Waals surface area contributed by atoms with E-state index in [1.165, 1.54) is 0 Å². The molecule has 2 bridgehead atoms. The molecule has 1 aromatic heterocycles. The standard InChI is InChI=1S/C26H30Cl2N2O5/c1-25(2,3)34-24(32)30-14-8-9-15(30)13-16(12-14)33-23(31)20-21(19-17(27)6-5-7-18(19)28)29-35-22(20)26(4)10-11-26/h5-7,14-16H,8-13H2,1-4H3/t14-,15?,16+/m1/s1. The zero-order valence-electron chi connectivity index (χ0n) is 20.4. The van der Waals surface area contributed by atoms with Crippen molar-refractivity contribution in [1.82, 2.24) is 10.1 Å². The third-order valence-electron chi connectivity index (χ3n) is 7.21. The average molecular weight is 521 g/mol. The zero-order valence-corrected chi connectivity index (χ0v) is 21.9. The summed E-state index contributed by atoms with van der Waals surface area (Å²) in [6.45, 7) is 7.63. The molecule has 3 aliphatic rings. The number of benzene rings is 1. The largest absolute Gasteiger partial charge is 0.458 e. The van der Waals surface area contributed by atoms with Gasteiger partial charge in [-0.15, -0.1) is 0 Å². The molecule has 1 unspecified atom stereocenters. The van der Waals surface area contributed by atoms with E-state index in [1.54, 1.807) is 18.2 Å². The first-order chi connectivity index (χ1) is 16.5. The predicted molar refractivity (Wildman–Crippen MR) is 132 cm³/mol. The van der Waals surface area contributed by atoms with E-state index in [0.717, 1.165) is 25.7 Å². The number of nitrogens with zero attached hydrogens (tertiary/aromatic N) is 2. The van der Waals surface area contributed by atoms with Crippen LogP contribution in [0.3, 0.4) is 0 Å². The minimum atomic E-state index is -0.556. The fourth-order valence-electron chi connectivity index (χ4n) is 5.25. The SMILES string of the molecule is CC(C)(C)OC(=O)N1C2CC[C@@H]1C[C@H](OC(=O)c1c(-c3c(Cl)cccc3Cl)noc1C1(C)CC1)C2. The van der Waals surface area contributed by atoms with Crippen LogP contribution < -0.4 is 0 Å². The third kappa shape index (κ3) is 4.65. The molecule has 35 heavy (non-hydrogen) atoms. The molecular weight excluding hydrogens is 491 g/mol. The number of carbonyl (C=O) groups is 2. The highest BCUT2D eigenvalue weighted by Gasteiger charge is 2.49. The predicted octanol–water partition coefficient (Wildman–Crippen LogP) is 6.79. The summed E-state index contributed by atoms with van der Waals surface area (Å²) in [5.41, 5.74) is 0.248. The van der Waals surface area contributed by atoms with Gasteiger partial charge < -0.3 is 18.9 Å². The van der Waals surface area contributed by atoms with Gasteiger partial charge in [0.1, 0.15) is 23.0 Å². The van der Waals surface area contributed by atoms with Crippen LogP contribution in [0.2, 0.25) is 10.0 Å². The quantitative estimate of drug-likeness (QED) is 0.412. The highest BCUT2D eigenvalue weighted by Crippen LogP contribution is 2.51. The van der Waals surface area contributed by atoms with Crippen molar-refractivity contribution in [1.29, 1.82) is 0 Å². The first kappa shape index (κ1) is 24.4. The van der Waals surface area contributed by atoms with Gasteiger partial charge in [-0.05, 0) is 58.6 Å². The summed E-state index contributed by atoms with van der Waals surface area (Å²) in [4.78, 5) is 28.2. The molecule has 2 saturated heterocycles. The second kappa shape index (κ2) is 8.70. The van der Waals surface area contributed by atoms with Crippen molar-refractivity contribution in [3.63, 3.8) is 0 Å².